The number of nitrogens with one attached hydrogen (secondary N) is 1. The first-order valence-electron chi connectivity index (χ1n) is 6.16. The molecule has 0 saturated carbocycles. The molecule has 1 aliphatic heterocycles. The number of piperazine rings is 1. The second kappa shape index (κ2) is 6.33. The number of carbonyl (C=O) groups is 1. The Morgan fingerprint density at radius 2 is 2.22 bits per heavy atom. The molecular weight excluding hydrogens is 228 g/mol. The van der Waals surface area contributed by atoms with Crippen molar-refractivity contribution < 1.29 is 9.90 Å². The molecule has 2 rings (SSSR count). The summed E-state index contributed by atoms with van der Waals surface area (Å²) in [7, 11) is 0. The quantitative estimate of drug-likeness (QED) is 0.834. The van der Waals surface area contributed by atoms with Crippen LogP contribution in [0, 0.1) is 0 Å². The summed E-state index contributed by atoms with van der Waals surface area (Å²) in [5, 5.41) is 12.2. The number of benzene rings is 1. The van der Waals surface area contributed by atoms with Crippen LogP contribution in [0.5, 0.6) is 0 Å². The van der Waals surface area contributed by atoms with Gasteiger partial charge in [0.2, 0.25) is 0 Å². The highest BCUT2D eigenvalue weighted by Gasteiger charge is 2.26. The van der Waals surface area contributed by atoms with Gasteiger partial charge in [-0.25, -0.2) is 0 Å². The molecule has 1 aliphatic rings. The van der Waals surface area contributed by atoms with E-state index in [0.717, 1.165) is 18.7 Å². The van der Waals surface area contributed by atoms with Crippen molar-refractivity contribution in [3.63, 3.8) is 0 Å². The Bertz CT molecular complexity index is 417. The maximum absolute atomic E-state index is 11.1. The molecule has 1 saturated heterocycles. The maximum atomic E-state index is 11.1. The topological polar surface area (TPSA) is 52.6 Å². The molecule has 1 aromatic rings. The molecule has 4 nitrogen and oxygen atoms in total. The molecule has 1 fully saturated rings. The minimum atomic E-state index is -0.754. The normalized spacial score (nSPS) is 21.2. The van der Waals surface area contributed by atoms with E-state index in [0.29, 0.717) is 13.1 Å². The fraction of sp³-hybridized carbons (Fsp3) is 0.357. The molecular formula is C14H18N2O2. The number of carboxylic acid groups (broad SMARTS) is 1. The van der Waals surface area contributed by atoms with Gasteiger partial charge in [-0.2, -0.15) is 0 Å². The van der Waals surface area contributed by atoms with E-state index in [9.17, 15) is 4.79 Å². The monoisotopic (exact) mass is 246 g/mol. The van der Waals surface area contributed by atoms with Crippen LogP contribution in [0.15, 0.2) is 36.4 Å². The smallest absolute Gasteiger partial charge is 0.322 e. The molecule has 0 amide bonds. The molecule has 1 atom stereocenters. The summed E-state index contributed by atoms with van der Waals surface area (Å²) in [4.78, 5) is 13.1. The molecule has 2 N–H and O–H groups in total. The lowest BCUT2D eigenvalue weighted by Crippen LogP contribution is -2.54. The molecule has 4 heteroatoms. The van der Waals surface area contributed by atoms with E-state index in [2.05, 4.69) is 5.32 Å². The van der Waals surface area contributed by atoms with Crippen LogP contribution in [0.4, 0.5) is 0 Å². The first-order chi connectivity index (χ1) is 8.77. The predicted molar refractivity (Wildman–Crippen MR) is 71.3 cm³/mol. The van der Waals surface area contributed by atoms with Crippen molar-refractivity contribution in [2.24, 2.45) is 0 Å². The van der Waals surface area contributed by atoms with Gasteiger partial charge in [-0.3, -0.25) is 9.69 Å². The molecule has 1 unspecified atom stereocenters. The van der Waals surface area contributed by atoms with Gasteiger partial charge in [-0.15, -0.1) is 0 Å². The zero-order valence-electron chi connectivity index (χ0n) is 10.2. The van der Waals surface area contributed by atoms with Crippen LogP contribution < -0.4 is 5.32 Å². The van der Waals surface area contributed by atoms with E-state index in [-0.39, 0.29) is 0 Å². The lowest BCUT2D eigenvalue weighted by atomic mass is 10.1. The van der Waals surface area contributed by atoms with Crippen molar-refractivity contribution in [2.75, 3.05) is 26.2 Å². The summed E-state index contributed by atoms with van der Waals surface area (Å²) in [6.07, 6.45) is 4.05. The summed E-state index contributed by atoms with van der Waals surface area (Å²) in [6.45, 7) is 2.82. The van der Waals surface area contributed by atoms with Gasteiger partial charge in [0.15, 0.2) is 0 Å². The highest BCUT2D eigenvalue weighted by molar-refractivity contribution is 5.74. The molecule has 0 aromatic heterocycles. The Morgan fingerprint density at radius 1 is 1.44 bits per heavy atom. The van der Waals surface area contributed by atoms with Gasteiger partial charge in [0.25, 0.3) is 0 Å². The van der Waals surface area contributed by atoms with E-state index < -0.39 is 12.0 Å². The van der Waals surface area contributed by atoms with Gasteiger partial charge >= 0.3 is 5.97 Å². The number of nitrogens with zero attached hydrogens (tertiary/aromatic N) is 1. The lowest BCUT2D eigenvalue weighted by Gasteiger charge is -2.32. The third kappa shape index (κ3) is 3.42. The zero-order chi connectivity index (χ0) is 12.8. The number of hydrogen-bond acceptors (Lipinski definition) is 3. The summed E-state index contributed by atoms with van der Waals surface area (Å²) in [6, 6.07) is 9.61. The van der Waals surface area contributed by atoms with Crippen LogP contribution in [0.3, 0.4) is 0 Å². The first kappa shape index (κ1) is 12.8. The molecule has 0 aliphatic carbocycles. The van der Waals surface area contributed by atoms with Crippen LogP contribution in [0.1, 0.15) is 5.56 Å². The number of aliphatic carboxylic acids is 1. The van der Waals surface area contributed by atoms with Gasteiger partial charge in [-0.1, -0.05) is 42.5 Å². The van der Waals surface area contributed by atoms with Crippen LogP contribution in [-0.4, -0.2) is 48.2 Å². The van der Waals surface area contributed by atoms with Crippen molar-refractivity contribution in [1.29, 1.82) is 0 Å². The Labute approximate surface area is 107 Å². The van der Waals surface area contributed by atoms with Gasteiger partial charge < -0.3 is 10.4 Å². The Morgan fingerprint density at radius 3 is 2.94 bits per heavy atom. The second-order valence-corrected chi connectivity index (χ2v) is 4.37. The summed E-state index contributed by atoms with van der Waals surface area (Å²) in [5.74, 6) is -0.754. The molecule has 96 valence electrons. The Balaban J connectivity index is 1.92. The average Bonchev–Trinajstić information content (AvgIpc) is 2.40. The predicted octanol–water partition coefficient (Wildman–Crippen LogP) is 1.06. The SMILES string of the molecule is O=C(O)C1CNCCN1CC=Cc1ccccc1. The third-order valence-corrected chi connectivity index (χ3v) is 3.09. The molecule has 0 spiro atoms. The molecule has 18 heavy (non-hydrogen) atoms. The van der Waals surface area contributed by atoms with Gasteiger partial charge in [0.05, 0.1) is 0 Å². The van der Waals surface area contributed by atoms with Crippen LogP contribution in [-0.2, 0) is 4.79 Å². The minimum Gasteiger partial charge on any atom is -0.480 e. The highest BCUT2D eigenvalue weighted by Crippen LogP contribution is 2.05. The van der Waals surface area contributed by atoms with Crippen molar-refractivity contribution >= 4 is 12.0 Å². The highest BCUT2D eigenvalue weighted by atomic mass is 16.4. The second-order valence-electron chi connectivity index (χ2n) is 4.37. The summed E-state index contributed by atoms with van der Waals surface area (Å²) >= 11 is 0. The van der Waals surface area contributed by atoms with Crippen molar-refractivity contribution in [3.8, 4) is 0 Å². The Kier molecular flexibility index (Phi) is 4.50. The van der Waals surface area contributed by atoms with E-state index >= 15 is 0 Å². The first-order valence-corrected chi connectivity index (χ1v) is 6.16. The van der Waals surface area contributed by atoms with Crippen molar-refractivity contribution in [2.45, 2.75) is 6.04 Å². The van der Waals surface area contributed by atoms with Gasteiger partial charge in [-0.05, 0) is 5.56 Å². The maximum Gasteiger partial charge on any atom is 0.322 e. The Hall–Kier alpha value is -1.65. The molecule has 0 bridgehead atoms. The van der Waals surface area contributed by atoms with E-state index in [1.54, 1.807) is 0 Å². The van der Waals surface area contributed by atoms with E-state index in [1.165, 1.54) is 0 Å². The van der Waals surface area contributed by atoms with Crippen LogP contribution in [0.2, 0.25) is 0 Å². The fourth-order valence-corrected chi connectivity index (χ4v) is 2.10. The summed E-state index contributed by atoms with van der Waals surface area (Å²) in [5.41, 5.74) is 1.14. The molecule has 1 heterocycles. The standard InChI is InChI=1S/C14H18N2O2/c17-14(18)13-11-15-8-10-16(13)9-4-7-12-5-2-1-3-6-12/h1-7,13,15H,8-11H2,(H,17,18). The number of rotatable bonds is 4. The number of carboxylic acids is 1. The third-order valence-electron chi connectivity index (χ3n) is 3.09. The lowest BCUT2D eigenvalue weighted by molar-refractivity contribution is -0.143. The van der Waals surface area contributed by atoms with Gasteiger partial charge in [0, 0.05) is 26.2 Å². The molecule has 1 aromatic carbocycles. The summed E-state index contributed by atoms with van der Waals surface area (Å²) < 4.78 is 0. The number of hydrogen-bond donors (Lipinski definition) is 2. The van der Waals surface area contributed by atoms with Crippen molar-refractivity contribution in [3.05, 3.63) is 42.0 Å². The van der Waals surface area contributed by atoms with Crippen LogP contribution in [0.25, 0.3) is 6.08 Å². The average molecular weight is 246 g/mol. The van der Waals surface area contributed by atoms with E-state index in [4.69, 9.17) is 5.11 Å². The largest absolute Gasteiger partial charge is 0.480 e. The fourth-order valence-electron chi connectivity index (χ4n) is 2.10. The van der Waals surface area contributed by atoms with Crippen molar-refractivity contribution in [1.82, 2.24) is 10.2 Å². The van der Waals surface area contributed by atoms with Crippen LogP contribution >= 0.6 is 0 Å². The van der Waals surface area contributed by atoms with Gasteiger partial charge in [0.1, 0.15) is 6.04 Å². The molecule has 0 radical (unpaired) electrons. The van der Waals surface area contributed by atoms with E-state index in [1.807, 2.05) is 47.4 Å². The minimum absolute atomic E-state index is 0.417. The zero-order valence-corrected chi connectivity index (χ0v) is 10.2.